The Balaban J connectivity index is 1.94. The van der Waals surface area contributed by atoms with Gasteiger partial charge >= 0.3 is 0 Å². The van der Waals surface area contributed by atoms with Crippen LogP contribution in [0.15, 0.2) is 52.9 Å². The second-order valence-electron chi connectivity index (χ2n) is 6.07. The highest BCUT2D eigenvalue weighted by Crippen LogP contribution is 2.35. The largest absolute Gasteiger partial charge is 0.241 e. The molecule has 0 radical (unpaired) electrons. The van der Waals surface area contributed by atoms with Crippen LogP contribution < -0.4 is 4.72 Å². The van der Waals surface area contributed by atoms with Gasteiger partial charge in [0.15, 0.2) is 0 Å². The van der Waals surface area contributed by atoms with Crippen molar-refractivity contribution in [2.45, 2.75) is 38.1 Å². The fraction of sp³-hybridized carbons (Fsp3) is 0.263. The van der Waals surface area contributed by atoms with Gasteiger partial charge in [-0.2, -0.15) is 4.72 Å². The summed E-state index contributed by atoms with van der Waals surface area (Å²) in [6, 6.07) is 12.9. The van der Waals surface area contributed by atoms with Crippen LogP contribution in [0.3, 0.4) is 0 Å². The molecule has 0 amide bonds. The molecule has 1 unspecified atom stereocenters. The van der Waals surface area contributed by atoms with Gasteiger partial charge in [-0.25, -0.2) is 8.42 Å². The molecule has 3 rings (SSSR count). The molecule has 0 bridgehead atoms. The molecule has 3 nitrogen and oxygen atoms in total. The minimum Gasteiger partial charge on any atom is -0.207 e. The first-order valence-electron chi connectivity index (χ1n) is 7.81. The minimum absolute atomic E-state index is 0.289. The second-order valence-corrected chi connectivity index (χ2v) is 7.79. The molecule has 0 fully saturated rings. The summed E-state index contributed by atoms with van der Waals surface area (Å²) in [6.45, 7) is 6.01. The zero-order valence-corrected chi connectivity index (χ0v) is 14.4. The maximum absolute atomic E-state index is 12.7. The first-order chi connectivity index (χ1) is 10.9. The van der Waals surface area contributed by atoms with Crippen LogP contribution in [0.4, 0.5) is 0 Å². The first kappa shape index (κ1) is 16.0. The van der Waals surface area contributed by atoms with E-state index in [4.69, 9.17) is 0 Å². The fourth-order valence-electron chi connectivity index (χ4n) is 2.90. The Labute approximate surface area is 138 Å². The predicted molar refractivity (Wildman–Crippen MR) is 93.7 cm³/mol. The van der Waals surface area contributed by atoms with Gasteiger partial charge in [0, 0.05) is 0 Å². The van der Waals surface area contributed by atoms with Gasteiger partial charge in [0.25, 0.3) is 0 Å². The molecule has 23 heavy (non-hydrogen) atoms. The Morgan fingerprint density at radius 2 is 1.74 bits per heavy atom. The SMILES string of the molecule is CCc1ccc2c(c1)C(NS(=O)(=O)c1ccc(C)cc1)C(C)=C2. The smallest absolute Gasteiger partial charge is 0.207 e. The van der Waals surface area contributed by atoms with E-state index in [1.807, 2.05) is 26.0 Å². The van der Waals surface area contributed by atoms with Crippen molar-refractivity contribution in [1.82, 2.24) is 4.72 Å². The Morgan fingerprint density at radius 1 is 1.04 bits per heavy atom. The van der Waals surface area contributed by atoms with E-state index in [1.165, 1.54) is 5.56 Å². The van der Waals surface area contributed by atoms with Crippen molar-refractivity contribution in [3.8, 4) is 0 Å². The molecule has 0 saturated carbocycles. The number of nitrogens with one attached hydrogen (secondary N) is 1. The molecule has 0 aliphatic heterocycles. The Kier molecular flexibility index (Phi) is 4.13. The molecule has 2 aromatic carbocycles. The maximum Gasteiger partial charge on any atom is 0.241 e. The van der Waals surface area contributed by atoms with Gasteiger partial charge in [0.2, 0.25) is 10.0 Å². The first-order valence-corrected chi connectivity index (χ1v) is 9.29. The number of hydrogen-bond donors (Lipinski definition) is 1. The lowest BCUT2D eigenvalue weighted by atomic mass is 10.0. The third-order valence-corrected chi connectivity index (χ3v) is 5.75. The summed E-state index contributed by atoms with van der Waals surface area (Å²) in [5.41, 5.74) is 5.41. The fourth-order valence-corrected chi connectivity index (χ4v) is 4.15. The summed E-state index contributed by atoms with van der Waals surface area (Å²) < 4.78 is 28.2. The van der Waals surface area contributed by atoms with E-state index in [9.17, 15) is 8.42 Å². The molecule has 1 aliphatic rings. The van der Waals surface area contributed by atoms with Gasteiger partial charge < -0.3 is 0 Å². The highest BCUT2D eigenvalue weighted by molar-refractivity contribution is 7.89. The van der Waals surface area contributed by atoms with Gasteiger partial charge in [-0.05, 0) is 49.1 Å². The van der Waals surface area contributed by atoms with Gasteiger partial charge in [-0.1, -0.05) is 54.5 Å². The zero-order valence-electron chi connectivity index (χ0n) is 13.6. The molecule has 2 aromatic rings. The normalized spacial score (nSPS) is 17.0. The van der Waals surface area contributed by atoms with E-state index in [-0.39, 0.29) is 6.04 Å². The Hall–Kier alpha value is -1.91. The van der Waals surface area contributed by atoms with Crippen molar-refractivity contribution in [1.29, 1.82) is 0 Å². The van der Waals surface area contributed by atoms with Crippen molar-refractivity contribution in [2.24, 2.45) is 0 Å². The van der Waals surface area contributed by atoms with E-state index in [0.29, 0.717) is 4.90 Å². The number of fused-ring (bicyclic) bond motifs is 1. The van der Waals surface area contributed by atoms with Gasteiger partial charge in [0.05, 0.1) is 10.9 Å². The topological polar surface area (TPSA) is 46.2 Å². The predicted octanol–water partition coefficient (Wildman–Crippen LogP) is 3.99. The second kappa shape index (κ2) is 5.95. The van der Waals surface area contributed by atoms with Crippen LogP contribution in [0.1, 0.15) is 42.1 Å². The third kappa shape index (κ3) is 3.09. The summed E-state index contributed by atoms with van der Waals surface area (Å²) >= 11 is 0. The van der Waals surface area contributed by atoms with Crippen molar-refractivity contribution in [3.63, 3.8) is 0 Å². The number of aryl methyl sites for hydroxylation is 2. The summed E-state index contributed by atoms with van der Waals surface area (Å²) in [7, 11) is -3.55. The van der Waals surface area contributed by atoms with Crippen molar-refractivity contribution >= 4 is 16.1 Å². The van der Waals surface area contributed by atoms with E-state index < -0.39 is 10.0 Å². The monoisotopic (exact) mass is 327 g/mol. The van der Waals surface area contributed by atoms with Crippen LogP contribution >= 0.6 is 0 Å². The molecular formula is C19H21NO2S. The molecule has 1 N–H and O–H groups in total. The van der Waals surface area contributed by atoms with Crippen LogP contribution in [-0.4, -0.2) is 8.42 Å². The van der Waals surface area contributed by atoms with E-state index in [0.717, 1.165) is 28.7 Å². The standard InChI is InChI=1S/C19H21NO2S/c1-4-15-7-8-16-11-14(3)19(18(16)12-15)20-23(21,22)17-9-5-13(2)6-10-17/h5-12,19-20H,4H2,1-3H3. The molecule has 4 heteroatoms. The number of benzene rings is 2. The average molecular weight is 327 g/mol. The highest BCUT2D eigenvalue weighted by atomic mass is 32.2. The van der Waals surface area contributed by atoms with Crippen molar-refractivity contribution in [2.75, 3.05) is 0 Å². The minimum atomic E-state index is -3.55. The van der Waals surface area contributed by atoms with Gasteiger partial charge in [-0.15, -0.1) is 0 Å². The van der Waals surface area contributed by atoms with Crippen molar-refractivity contribution in [3.05, 3.63) is 70.3 Å². The summed E-state index contributed by atoms with van der Waals surface area (Å²) in [6.07, 6.45) is 2.99. The lowest BCUT2D eigenvalue weighted by Crippen LogP contribution is -2.28. The Bertz CT molecular complexity index is 865. The molecular weight excluding hydrogens is 306 g/mol. The van der Waals surface area contributed by atoms with Crippen LogP contribution in [0.25, 0.3) is 6.08 Å². The van der Waals surface area contributed by atoms with Crippen LogP contribution in [-0.2, 0) is 16.4 Å². The zero-order chi connectivity index (χ0) is 16.6. The lowest BCUT2D eigenvalue weighted by Gasteiger charge is -2.17. The Morgan fingerprint density at radius 3 is 2.39 bits per heavy atom. The molecule has 120 valence electrons. The highest BCUT2D eigenvalue weighted by Gasteiger charge is 2.27. The van der Waals surface area contributed by atoms with Crippen LogP contribution in [0.2, 0.25) is 0 Å². The maximum atomic E-state index is 12.7. The number of hydrogen-bond acceptors (Lipinski definition) is 2. The summed E-state index contributed by atoms with van der Waals surface area (Å²) in [5.74, 6) is 0. The molecule has 0 heterocycles. The van der Waals surface area contributed by atoms with Gasteiger partial charge in [-0.3, -0.25) is 0 Å². The number of rotatable bonds is 4. The summed E-state index contributed by atoms with van der Waals surface area (Å²) in [5, 5.41) is 0. The van der Waals surface area contributed by atoms with Crippen LogP contribution in [0.5, 0.6) is 0 Å². The molecule has 0 saturated heterocycles. The summed E-state index contributed by atoms with van der Waals surface area (Å²) in [4.78, 5) is 0.302. The lowest BCUT2D eigenvalue weighted by molar-refractivity contribution is 0.572. The average Bonchev–Trinajstić information content (AvgIpc) is 2.82. The molecule has 0 aromatic heterocycles. The molecule has 1 aliphatic carbocycles. The van der Waals surface area contributed by atoms with Crippen molar-refractivity contribution < 1.29 is 8.42 Å². The van der Waals surface area contributed by atoms with E-state index >= 15 is 0 Å². The third-order valence-electron chi connectivity index (χ3n) is 4.31. The van der Waals surface area contributed by atoms with Gasteiger partial charge in [0.1, 0.15) is 0 Å². The molecule has 0 spiro atoms. The van der Waals surface area contributed by atoms with E-state index in [1.54, 1.807) is 12.1 Å². The molecule has 1 atom stereocenters. The quantitative estimate of drug-likeness (QED) is 0.923. The number of sulfonamides is 1. The van der Waals surface area contributed by atoms with E-state index in [2.05, 4.69) is 35.9 Å². The van der Waals surface area contributed by atoms with Crippen LogP contribution in [0, 0.1) is 6.92 Å².